The molecule has 1 heterocycles. The number of carboxylic acids is 1. The van der Waals surface area contributed by atoms with Crippen LogP contribution in [0.15, 0.2) is 0 Å². The number of ether oxygens (including phenoxy) is 1. The van der Waals surface area contributed by atoms with Crippen LogP contribution in [0.2, 0.25) is 0 Å². The third-order valence-corrected chi connectivity index (χ3v) is 4.94. The van der Waals surface area contributed by atoms with E-state index in [1.165, 1.54) is 19.3 Å². The molecular weight excluding hydrogens is 240 g/mol. The number of hydrogen-bond donors (Lipinski definition) is 1. The van der Waals surface area contributed by atoms with Crippen LogP contribution in [-0.4, -0.2) is 22.8 Å². The highest BCUT2D eigenvalue weighted by Crippen LogP contribution is 2.43. The first-order chi connectivity index (χ1) is 8.94. The molecule has 3 heteroatoms. The van der Waals surface area contributed by atoms with Crippen LogP contribution >= 0.6 is 0 Å². The first-order valence-corrected chi connectivity index (χ1v) is 7.85. The van der Waals surface area contributed by atoms with Crippen molar-refractivity contribution in [2.75, 3.05) is 0 Å². The lowest BCUT2D eigenvalue weighted by atomic mass is 9.72. The van der Waals surface area contributed by atoms with E-state index in [-0.39, 0.29) is 11.7 Å². The largest absolute Gasteiger partial charge is 0.481 e. The van der Waals surface area contributed by atoms with Gasteiger partial charge in [-0.05, 0) is 46.0 Å². The van der Waals surface area contributed by atoms with Crippen LogP contribution in [0.4, 0.5) is 0 Å². The fourth-order valence-electron chi connectivity index (χ4n) is 3.74. The Labute approximate surface area is 116 Å². The summed E-state index contributed by atoms with van der Waals surface area (Å²) in [4.78, 5) is 11.8. The van der Waals surface area contributed by atoms with Crippen molar-refractivity contribution in [1.29, 1.82) is 0 Å². The van der Waals surface area contributed by atoms with Crippen LogP contribution in [-0.2, 0) is 9.53 Å². The predicted octanol–water partition coefficient (Wildman–Crippen LogP) is 4.15. The third-order valence-electron chi connectivity index (χ3n) is 4.94. The smallest absolute Gasteiger partial charge is 0.309 e. The molecule has 2 aliphatic rings. The Morgan fingerprint density at radius 1 is 1.11 bits per heavy atom. The minimum Gasteiger partial charge on any atom is -0.481 e. The number of hydrogen-bond acceptors (Lipinski definition) is 2. The number of aliphatic carboxylic acids is 1. The molecular formula is C16H28O3. The highest BCUT2D eigenvalue weighted by atomic mass is 16.5. The van der Waals surface area contributed by atoms with Crippen molar-refractivity contribution >= 4 is 5.97 Å². The highest BCUT2D eigenvalue weighted by Gasteiger charge is 2.43. The molecule has 1 unspecified atom stereocenters. The van der Waals surface area contributed by atoms with Gasteiger partial charge in [0.15, 0.2) is 0 Å². The van der Waals surface area contributed by atoms with E-state index in [9.17, 15) is 9.90 Å². The maximum absolute atomic E-state index is 11.8. The van der Waals surface area contributed by atoms with Crippen molar-refractivity contribution in [2.45, 2.75) is 89.8 Å². The SMILES string of the molecule is CC1(C)CCC(CC2(C(=O)O)CCCCCCC2)O1. The molecule has 0 radical (unpaired) electrons. The molecule has 1 atom stereocenters. The third kappa shape index (κ3) is 3.71. The van der Waals surface area contributed by atoms with E-state index >= 15 is 0 Å². The number of carboxylic acid groups (broad SMARTS) is 1. The molecule has 3 nitrogen and oxygen atoms in total. The molecule has 1 N–H and O–H groups in total. The van der Waals surface area contributed by atoms with Crippen molar-refractivity contribution in [2.24, 2.45) is 5.41 Å². The Bertz CT molecular complexity index is 314. The minimum atomic E-state index is -0.595. The summed E-state index contributed by atoms with van der Waals surface area (Å²) in [5.74, 6) is -0.595. The van der Waals surface area contributed by atoms with Crippen molar-refractivity contribution in [3.8, 4) is 0 Å². The zero-order valence-corrected chi connectivity index (χ0v) is 12.4. The normalized spacial score (nSPS) is 30.5. The summed E-state index contributed by atoms with van der Waals surface area (Å²) in [6.07, 6.45) is 10.4. The van der Waals surface area contributed by atoms with Gasteiger partial charge in [-0.2, -0.15) is 0 Å². The highest BCUT2D eigenvalue weighted by molar-refractivity contribution is 5.74. The summed E-state index contributed by atoms with van der Waals surface area (Å²) < 4.78 is 6.04. The molecule has 0 aromatic rings. The standard InChI is InChI=1S/C16H28O3/c1-15(2)11-8-13(19-15)12-16(14(17)18)9-6-4-3-5-7-10-16/h13H,3-12H2,1-2H3,(H,17,18). The van der Waals surface area contributed by atoms with Gasteiger partial charge >= 0.3 is 5.97 Å². The summed E-state index contributed by atoms with van der Waals surface area (Å²) in [6, 6.07) is 0. The quantitative estimate of drug-likeness (QED) is 0.836. The van der Waals surface area contributed by atoms with Gasteiger partial charge < -0.3 is 9.84 Å². The van der Waals surface area contributed by atoms with Gasteiger partial charge in [-0.25, -0.2) is 0 Å². The Morgan fingerprint density at radius 3 is 2.16 bits per heavy atom. The van der Waals surface area contributed by atoms with E-state index in [0.29, 0.717) is 6.42 Å². The molecule has 0 aromatic heterocycles. The van der Waals surface area contributed by atoms with Crippen LogP contribution in [0.3, 0.4) is 0 Å². The summed E-state index contributed by atoms with van der Waals surface area (Å²) in [7, 11) is 0. The van der Waals surface area contributed by atoms with Gasteiger partial charge in [-0.3, -0.25) is 4.79 Å². The Morgan fingerprint density at radius 2 is 1.68 bits per heavy atom. The first kappa shape index (κ1) is 14.8. The van der Waals surface area contributed by atoms with Crippen molar-refractivity contribution in [3.05, 3.63) is 0 Å². The topological polar surface area (TPSA) is 46.5 Å². The maximum atomic E-state index is 11.8. The number of carbonyl (C=O) groups is 1. The summed E-state index contributed by atoms with van der Waals surface area (Å²) in [6.45, 7) is 4.22. The van der Waals surface area contributed by atoms with Crippen LogP contribution in [0.1, 0.15) is 78.1 Å². The van der Waals surface area contributed by atoms with Gasteiger partial charge in [0.25, 0.3) is 0 Å². The molecule has 1 saturated heterocycles. The molecule has 2 fully saturated rings. The molecule has 0 aromatic carbocycles. The molecule has 0 spiro atoms. The lowest BCUT2D eigenvalue weighted by Gasteiger charge is -2.34. The molecule has 2 rings (SSSR count). The Hall–Kier alpha value is -0.570. The lowest BCUT2D eigenvalue weighted by Crippen LogP contribution is -2.36. The summed E-state index contributed by atoms with van der Waals surface area (Å²) in [5, 5.41) is 9.74. The van der Waals surface area contributed by atoms with Gasteiger partial charge in [-0.15, -0.1) is 0 Å². The monoisotopic (exact) mass is 268 g/mol. The summed E-state index contributed by atoms with van der Waals surface area (Å²) in [5.41, 5.74) is -0.586. The van der Waals surface area contributed by atoms with Crippen LogP contribution in [0.5, 0.6) is 0 Å². The van der Waals surface area contributed by atoms with E-state index < -0.39 is 11.4 Å². The molecule has 110 valence electrons. The second-order valence-electron chi connectivity index (χ2n) is 7.10. The average Bonchev–Trinajstić information content (AvgIpc) is 2.61. The molecule has 0 bridgehead atoms. The second-order valence-corrected chi connectivity index (χ2v) is 7.10. The lowest BCUT2D eigenvalue weighted by molar-refractivity contribution is -0.154. The predicted molar refractivity (Wildman–Crippen MR) is 75.2 cm³/mol. The zero-order valence-electron chi connectivity index (χ0n) is 12.4. The van der Waals surface area contributed by atoms with E-state index in [4.69, 9.17) is 4.74 Å². The molecule has 1 saturated carbocycles. The average molecular weight is 268 g/mol. The van der Waals surface area contributed by atoms with Crippen LogP contribution in [0.25, 0.3) is 0 Å². The van der Waals surface area contributed by atoms with Crippen molar-refractivity contribution in [3.63, 3.8) is 0 Å². The van der Waals surface area contributed by atoms with E-state index in [1.807, 2.05) is 0 Å². The fraction of sp³-hybridized carbons (Fsp3) is 0.938. The second kappa shape index (κ2) is 5.82. The minimum absolute atomic E-state index is 0.0635. The van der Waals surface area contributed by atoms with E-state index in [2.05, 4.69) is 13.8 Å². The van der Waals surface area contributed by atoms with Gasteiger partial charge in [-0.1, -0.05) is 32.1 Å². The summed E-state index contributed by atoms with van der Waals surface area (Å²) >= 11 is 0. The van der Waals surface area contributed by atoms with Crippen LogP contribution < -0.4 is 0 Å². The molecule has 1 aliphatic heterocycles. The Kier molecular flexibility index (Phi) is 4.54. The molecule has 19 heavy (non-hydrogen) atoms. The molecule has 0 amide bonds. The van der Waals surface area contributed by atoms with Gasteiger partial charge in [0, 0.05) is 0 Å². The van der Waals surface area contributed by atoms with Gasteiger partial charge in [0.05, 0.1) is 17.1 Å². The Balaban J connectivity index is 2.04. The maximum Gasteiger partial charge on any atom is 0.309 e. The number of rotatable bonds is 3. The first-order valence-electron chi connectivity index (χ1n) is 7.85. The van der Waals surface area contributed by atoms with E-state index in [1.54, 1.807) is 0 Å². The van der Waals surface area contributed by atoms with Gasteiger partial charge in [0.2, 0.25) is 0 Å². The van der Waals surface area contributed by atoms with E-state index in [0.717, 1.165) is 38.5 Å². The fourth-order valence-corrected chi connectivity index (χ4v) is 3.74. The van der Waals surface area contributed by atoms with Crippen molar-refractivity contribution < 1.29 is 14.6 Å². The molecule has 1 aliphatic carbocycles. The van der Waals surface area contributed by atoms with Gasteiger partial charge in [0.1, 0.15) is 0 Å². The van der Waals surface area contributed by atoms with Crippen LogP contribution in [0, 0.1) is 5.41 Å². The zero-order chi connectivity index (χ0) is 13.9. The van der Waals surface area contributed by atoms with Crippen molar-refractivity contribution in [1.82, 2.24) is 0 Å².